The van der Waals surface area contributed by atoms with Crippen LogP contribution in [0.2, 0.25) is 10.0 Å². The third kappa shape index (κ3) is 4.63. The standard InChI is InChI=1S/C18H17Cl2NO7S2/c19-13-7-14(20)17(6-12(13)18(23)24)30(27,28)21(8-11-4-2-1-3-5-11)15-9-29(25,26)10-16(15)22/h1-7,15-16,22H,8-10H2,(H,23,24). The summed E-state index contributed by atoms with van der Waals surface area (Å²) in [6.45, 7) is -0.248. The Kier molecular flexibility index (Phi) is 6.47. The zero-order valence-electron chi connectivity index (χ0n) is 15.3. The number of rotatable bonds is 6. The molecule has 3 rings (SSSR count). The summed E-state index contributed by atoms with van der Waals surface area (Å²) in [4.78, 5) is 10.9. The number of hydrogen-bond acceptors (Lipinski definition) is 6. The highest BCUT2D eigenvalue weighted by Crippen LogP contribution is 2.34. The van der Waals surface area contributed by atoms with Gasteiger partial charge in [-0.05, 0) is 17.7 Å². The Hall–Kier alpha value is -1.69. The maximum atomic E-state index is 13.5. The summed E-state index contributed by atoms with van der Waals surface area (Å²) in [5.41, 5.74) is 0.0695. The second-order valence-corrected chi connectivity index (χ2v) is 11.6. The first-order chi connectivity index (χ1) is 13.9. The fraction of sp³-hybridized carbons (Fsp3) is 0.278. The number of aliphatic hydroxyl groups excluding tert-OH is 1. The van der Waals surface area contributed by atoms with Gasteiger partial charge in [0, 0.05) is 6.54 Å². The zero-order valence-corrected chi connectivity index (χ0v) is 18.4. The van der Waals surface area contributed by atoms with E-state index in [2.05, 4.69) is 0 Å². The molecule has 30 heavy (non-hydrogen) atoms. The largest absolute Gasteiger partial charge is 0.478 e. The predicted octanol–water partition coefficient (Wildman–Crippen LogP) is 2.04. The van der Waals surface area contributed by atoms with Crippen LogP contribution in [0.5, 0.6) is 0 Å². The normalized spacial score (nSPS) is 21.1. The Bertz CT molecular complexity index is 1180. The number of aliphatic hydroxyl groups is 1. The van der Waals surface area contributed by atoms with E-state index < -0.39 is 59.9 Å². The monoisotopic (exact) mass is 493 g/mol. The molecule has 0 saturated carbocycles. The van der Waals surface area contributed by atoms with Crippen molar-refractivity contribution in [3.63, 3.8) is 0 Å². The molecule has 8 nitrogen and oxygen atoms in total. The summed E-state index contributed by atoms with van der Waals surface area (Å²) >= 11 is 11.9. The third-order valence-electron chi connectivity index (χ3n) is 4.68. The van der Waals surface area contributed by atoms with E-state index >= 15 is 0 Å². The molecule has 1 aliphatic heterocycles. The van der Waals surface area contributed by atoms with Crippen molar-refractivity contribution in [3.8, 4) is 0 Å². The summed E-state index contributed by atoms with van der Waals surface area (Å²) in [5, 5.41) is 19.0. The Balaban J connectivity index is 2.15. The van der Waals surface area contributed by atoms with Gasteiger partial charge in [0.15, 0.2) is 9.84 Å². The molecule has 12 heteroatoms. The number of halogens is 2. The number of hydrogen-bond donors (Lipinski definition) is 2. The highest BCUT2D eigenvalue weighted by Gasteiger charge is 2.45. The lowest BCUT2D eigenvalue weighted by atomic mass is 10.2. The second-order valence-electron chi connectivity index (χ2n) is 6.82. The molecule has 2 unspecified atom stereocenters. The molecule has 2 atom stereocenters. The third-order valence-corrected chi connectivity index (χ3v) is 9.03. The van der Waals surface area contributed by atoms with E-state index in [1.807, 2.05) is 0 Å². The van der Waals surface area contributed by atoms with Crippen molar-refractivity contribution in [2.75, 3.05) is 11.5 Å². The topological polar surface area (TPSA) is 129 Å². The average Bonchev–Trinajstić information content (AvgIpc) is 2.92. The van der Waals surface area contributed by atoms with E-state index in [0.717, 1.165) is 16.4 Å². The van der Waals surface area contributed by atoms with Crippen molar-refractivity contribution < 1.29 is 31.8 Å². The van der Waals surface area contributed by atoms with Crippen molar-refractivity contribution in [1.29, 1.82) is 0 Å². The first kappa shape index (κ1) is 23.0. The van der Waals surface area contributed by atoms with Gasteiger partial charge in [0.05, 0.1) is 39.3 Å². The van der Waals surface area contributed by atoms with Gasteiger partial charge >= 0.3 is 5.97 Å². The van der Waals surface area contributed by atoms with Crippen LogP contribution in [0.15, 0.2) is 47.4 Å². The molecule has 0 bridgehead atoms. The van der Waals surface area contributed by atoms with Gasteiger partial charge in [0.1, 0.15) is 4.90 Å². The van der Waals surface area contributed by atoms with Crippen LogP contribution in [-0.2, 0) is 26.4 Å². The van der Waals surface area contributed by atoms with Crippen LogP contribution in [0.4, 0.5) is 0 Å². The Morgan fingerprint density at radius 3 is 2.27 bits per heavy atom. The zero-order chi connectivity index (χ0) is 22.3. The van der Waals surface area contributed by atoms with Gasteiger partial charge in [0.25, 0.3) is 0 Å². The van der Waals surface area contributed by atoms with Crippen molar-refractivity contribution in [2.24, 2.45) is 0 Å². The van der Waals surface area contributed by atoms with E-state index in [1.54, 1.807) is 30.3 Å². The van der Waals surface area contributed by atoms with Gasteiger partial charge in [-0.25, -0.2) is 21.6 Å². The lowest BCUT2D eigenvalue weighted by Crippen LogP contribution is -2.46. The van der Waals surface area contributed by atoms with Gasteiger partial charge < -0.3 is 10.2 Å². The molecular formula is C18H17Cl2NO7S2. The molecule has 0 spiro atoms. The molecule has 2 aromatic carbocycles. The molecular weight excluding hydrogens is 477 g/mol. The SMILES string of the molecule is O=C(O)c1cc(S(=O)(=O)N(Cc2ccccc2)C2CS(=O)(=O)CC2O)c(Cl)cc1Cl. The molecule has 1 heterocycles. The molecule has 0 aliphatic carbocycles. The van der Waals surface area contributed by atoms with Crippen molar-refractivity contribution >= 4 is 49.0 Å². The van der Waals surface area contributed by atoms with Crippen molar-refractivity contribution in [3.05, 3.63) is 63.6 Å². The highest BCUT2D eigenvalue weighted by molar-refractivity contribution is 7.92. The fourth-order valence-electron chi connectivity index (χ4n) is 3.25. The number of benzene rings is 2. The van der Waals surface area contributed by atoms with Gasteiger partial charge in [-0.15, -0.1) is 0 Å². The summed E-state index contributed by atoms with van der Waals surface area (Å²) in [6.07, 6.45) is -1.45. The maximum absolute atomic E-state index is 13.5. The van der Waals surface area contributed by atoms with Gasteiger partial charge in [0.2, 0.25) is 10.0 Å². The highest BCUT2D eigenvalue weighted by atomic mass is 35.5. The number of carbonyl (C=O) groups is 1. The van der Waals surface area contributed by atoms with Crippen LogP contribution in [0.3, 0.4) is 0 Å². The molecule has 1 saturated heterocycles. The van der Waals surface area contributed by atoms with Crippen LogP contribution in [0.25, 0.3) is 0 Å². The quantitative estimate of drug-likeness (QED) is 0.629. The number of nitrogens with zero attached hydrogens (tertiary/aromatic N) is 1. The van der Waals surface area contributed by atoms with E-state index in [9.17, 15) is 31.8 Å². The summed E-state index contributed by atoms with van der Waals surface area (Å²) in [5.74, 6) is -2.60. The van der Waals surface area contributed by atoms with Gasteiger partial charge in [-0.1, -0.05) is 53.5 Å². The summed E-state index contributed by atoms with van der Waals surface area (Å²) in [6, 6.07) is 8.94. The predicted molar refractivity (Wildman–Crippen MR) is 111 cm³/mol. The van der Waals surface area contributed by atoms with E-state index in [-0.39, 0.29) is 16.6 Å². The number of sulfone groups is 1. The van der Waals surface area contributed by atoms with Crippen molar-refractivity contribution in [1.82, 2.24) is 4.31 Å². The molecule has 0 aromatic heterocycles. The fourth-order valence-corrected chi connectivity index (χ4v) is 7.61. The molecule has 0 amide bonds. The minimum absolute atomic E-state index is 0.246. The Morgan fingerprint density at radius 1 is 1.10 bits per heavy atom. The molecule has 2 N–H and O–H groups in total. The average molecular weight is 494 g/mol. The molecule has 1 aliphatic rings. The Labute approximate surface area is 183 Å². The Morgan fingerprint density at radius 2 is 1.73 bits per heavy atom. The minimum Gasteiger partial charge on any atom is -0.478 e. The second kappa shape index (κ2) is 8.45. The van der Waals surface area contributed by atoms with Gasteiger partial charge in [-0.2, -0.15) is 4.31 Å². The first-order valence-corrected chi connectivity index (χ1v) is 12.6. The number of sulfonamides is 1. The van der Waals surface area contributed by atoms with Crippen LogP contribution in [-0.4, -0.2) is 61.0 Å². The lowest BCUT2D eigenvalue weighted by Gasteiger charge is -2.30. The molecule has 1 fully saturated rings. The number of carboxylic acids is 1. The summed E-state index contributed by atoms with van der Waals surface area (Å²) < 4.78 is 51.9. The van der Waals surface area contributed by atoms with E-state index in [1.165, 1.54) is 0 Å². The summed E-state index contributed by atoms with van der Waals surface area (Å²) in [7, 11) is -8.18. The molecule has 2 aromatic rings. The first-order valence-electron chi connectivity index (χ1n) is 8.59. The minimum atomic E-state index is -4.51. The lowest BCUT2D eigenvalue weighted by molar-refractivity contribution is 0.0696. The number of carboxylic acid groups (broad SMARTS) is 1. The van der Waals surface area contributed by atoms with E-state index in [0.29, 0.717) is 5.56 Å². The van der Waals surface area contributed by atoms with Crippen molar-refractivity contribution in [2.45, 2.75) is 23.6 Å². The molecule has 0 radical (unpaired) electrons. The smallest absolute Gasteiger partial charge is 0.337 e. The van der Waals surface area contributed by atoms with Crippen LogP contribution >= 0.6 is 23.2 Å². The molecule has 162 valence electrons. The van der Waals surface area contributed by atoms with E-state index in [4.69, 9.17) is 23.2 Å². The van der Waals surface area contributed by atoms with Crippen LogP contribution in [0, 0.1) is 0 Å². The van der Waals surface area contributed by atoms with Gasteiger partial charge in [-0.3, -0.25) is 0 Å². The number of aromatic carboxylic acids is 1. The maximum Gasteiger partial charge on any atom is 0.337 e. The van der Waals surface area contributed by atoms with Crippen LogP contribution in [0.1, 0.15) is 15.9 Å². The van der Waals surface area contributed by atoms with Crippen LogP contribution < -0.4 is 0 Å².